The fourth-order valence-electron chi connectivity index (χ4n) is 1.89. The lowest BCUT2D eigenvalue weighted by Crippen LogP contribution is -2.14. The van der Waals surface area contributed by atoms with Crippen LogP contribution < -0.4 is 5.32 Å². The van der Waals surface area contributed by atoms with Gasteiger partial charge in [0.1, 0.15) is 0 Å². The van der Waals surface area contributed by atoms with Gasteiger partial charge >= 0.3 is 0 Å². The van der Waals surface area contributed by atoms with E-state index in [4.69, 9.17) is 0 Å². The van der Waals surface area contributed by atoms with E-state index in [2.05, 4.69) is 51.8 Å². The smallest absolute Gasteiger partial charge is 0.234 e. The fraction of sp³-hybridized carbons (Fsp3) is 0.235. The Morgan fingerprint density at radius 1 is 1.18 bits per heavy atom. The van der Waals surface area contributed by atoms with Crippen molar-refractivity contribution in [1.29, 1.82) is 0 Å². The van der Waals surface area contributed by atoms with Crippen molar-refractivity contribution in [2.75, 3.05) is 17.3 Å². The van der Waals surface area contributed by atoms with Crippen LogP contribution in [-0.4, -0.2) is 17.9 Å². The van der Waals surface area contributed by atoms with Gasteiger partial charge in [0.05, 0.1) is 11.4 Å². The number of rotatable bonds is 6. The minimum atomic E-state index is 0.0234. The number of aryl methyl sites for hydroxylation is 1. The number of hydrogen-bond donors (Lipinski definition) is 1. The van der Waals surface area contributed by atoms with Crippen LogP contribution >= 0.6 is 39.5 Å². The van der Waals surface area contributed by atoms with Gasteiger partial charge in [0.2, 0.25) is 5.91 Å². The normalized spacial score (nSPS) is 10.5. The Kier molecular flexibility index (Phi) is 6.86. The molecular formula is C17H18BrNOS2. The first-order valence-corrected chi connectivity index (χ1v) is 10.0. The number of anilines is 1. The van der Waals surface area contributed by atoms with E-state index < -0.39 is 0 Å². The second-order valence-corrected chi connectivity index (χ2v) is 7.59. The van der Waals surface area contributed by atoms with E-state index in [0.717, 1.165) is 21.5 Å². The highest BCUT2D eigenvalue weighted by molar-refractivity contribution is 9.10. The van der Waals surface area contributed by atoms with Crippen molar-refractivity contribution in [1.82, 2.24) is 0 Å². The van der Waals surface area contributed by atoms with E-state index in [1.54, 1.807) is 23.5 Å². The van der Waals surface area contributed by atoms with Crippen molar-refractivity contribution in [2.45, 2.75) is 17.6 Å². The maximum atomic E-state index is 12.0. The molecule has 0 aromatic heterocycles. The monoisotopic (exact) mass is 395 g/mol. The van der Waals surface area contributed by atoms with Gasteiger partial charge in [-0.3, -0.25) is 4.79 Å². The molecule has 1 N–H and O–H groups in total. The summed E-state index contributed by atoms with van der Waals surface area (Å²) < 4.78 is 0.915. The molecule has 2 aromatic rings. The van der Waals surface area contributed by atoms with Gasteiger partial charge in [0, 0.05) is 15.1 Å². The lowest BCUT2D eigenvalue weighted by atomic mass is 10.2. The van der Waals surface area contributed by atoms with Gasteiger partial charge < -0.3 is 5.32 Å². The maximum absolute atomic E-state index is 12.0. The topological polar surface area (TPSA) is 29.1 Å². The molecule has 0 radical (unpaired) electrons. The van der Waals surface area contributed by atoms with Crippen LogP contribution in [0.2, 0.25) is 0 Å². The van der Waals surface area contributed by atoms with Gasteiger partial charge in [-0.25, -0.2) is 0 Å². The molecule has 1 amide bonds. The molecule has 0 aliphatic carbocycles. The summed E-state index contributed by atoms with van der Waals surface area (Å²) in [7, 11) is 0. The molecule has 0 bridgehead atoms. The quantitative estimate of drug-likeness (QED) is 0.668. The van der Waals surface area contributed by atoms with E-state index in [1.165, 1.54) is 10.5 Å². The second-order valence-electron chi connectivity index (χ2n) is 4.87. The Hall–Kier alpha value is -0.910. The molecule has 2 rings (SSSR count). The number of hydrogen-bond acceptors (Lipinski definition) is 3. The molecular weight excluding hydrogens is 378 g/mol. The van der Waals surface area contributed by atoms with Gasteiger partial charge in [0.25, 0.3) is 0 Å². The Balaban J connectivity index is 1.79. The summed E-state index contributed by atoms with van der Waals surface area (Å²) in [5.74, 6) is 1.32. The maximum Gasteiger partial charge on any atom is 0.234 e. The lowest BCUT2D eigenvalue weighted by molar-refractivity contribution is -0.113. The zero-order chi connectivity index (χ0) is 15.9. The molecule has 116 valence electrons. The minimum Gasteiger partial charge on any atom is -0.324 e. The summed E-state index contributed by atoms with van der Waals surface area (Å²) in [6.45, 7) is 2.02. The number of amides is 1. The fourth-order valence-corrected chi connectivity index (χ4v) is 3.68. The summed E-state index contributed by atoms with van der Waals surface area (Å²) in [4.78, 5) is 13.2. The van der Waals surface area contributed by atoms with Crippen molar-refractivity contribution in [3.05, 3.63) is 58.1 Å². The minimum absolute atomic E-state index is 0.0234. The van der Waals surface area contributed by atoms with E-state index in [9.17, 15) is 4.79 Å². The number of nitrogens with one attached hydrogen (secondary N) is 1. The predicted molar refractivity (Wildman–Crippen MR) is 102 cm³/mol. The predicted octanol–water partition coefficient (Wildman–Crippen LogP) is 5.35. The van der Waals surface area contributed by atoms with Crippen LogP contribution in [0.1, 0.15) is 11.1 Å². The highest BCUT2D eigenvalue weighted by atomic mass is 79.9. The largest absolute Gasteiger partial charge is 0.324 e. The first-order valence-electron chi connectivity index (χ1n) is 6.85. The zero-order valence-corrected chi connectivity index (χ0v) is 15.8. The van der Waals surface area contributed by atoms with Crippen molar-refractivity contribution in [3.63, 3.8) is 0 Å². The SMILES string of the molecule is CSc1ccc(CSCC(=O)Nc2ccc(C)cc2Br)cc1. The van der Waals surface area contributed by atoms with Crippen LogP contribution in [0.3, 0.4) is 0 Å². The summed E-state index contributed by atoms with van der Waals surface area (Å²) in [5, 5.41) is 2.93. The number of thioether (sulfide) groups is 2. The van der Waals surface area contributed by atoms with Crippen molar-refractivity contribution in [2.24, 2.45) is 0 Å². The van der Waals surface area contributed by atoms with Crippen LogP contribution in [0.15, 0.2) is 51.8 Å². The molecule has 22 heavy (non-hydrogen) atoms. The molecule has 5 heteroatoms. The van der Waals surface area contributed by atoms with Gasteiger partial charge in [-0.05, 0) is 64.5 Å². The lowest BCUT2D eigenvalue weighted by Gasteiger charge is -2.08. The first-order chi connectivity index (χ1) is 10.6. The average molecular weight is 396 g/mol. The highest BCUT2D eigenvalue weighted by Gasteiger charge is 2.06. The summed E-state index contributed by atoms with van der Waals surface area (Å²) in [5.41, 5.74) is 3.22. The Morgan fingerprint density at radius 3 is 2.55 bits per heavy atom. The van der Waals surface area contributed by atoms with E-state index in [1.807, 2.05) is 25.1 Å². The third-order valence-electron chi connectivity index (χ3n) is 3.06. The molecule has 0 spiro atoms. The Labute approximate surface area is 148 Å². The molecule has 0 aliphatic heterocycles. The molecule has 0 aliphatic rings. The van der Waals surface area contributed by atoms with E-state index >= 15 is 0 Å². The van der Waals surface area contributed by atoms with Crippen molar-refractivity contribution < 1.29 is 4.79 Å². The first kappa shape index (κ1) is 17.4. The molecule has 2 aromatic carbocycles. The third kappa shape index (κ3) is 5.38. The highest BCUT2D eigenvalue weighted by Crippen LogP contribution is 2.24. The third-order valence-corrected chi connectivity index (χ3v) is 5.46. The number of carbonyl (C=O) groups excluding carboxylic acids is 1. The summed E-state index contributed by atoms with van der Waals surface area (Å²) >= 11 is 6.83. The van der Waals surface area contributed by atoms with Gasteiger partial charge in [0.15, 0.2) is 0 Å². The molecule has 0 saturated carbocycles. The zero-order valence-electron chi connectivity index (χ0n) is 12.6. The standard InChI is InChI=1S/C17H18BrNOS2/c1-12-3-8-16(15(18)9-12)19-17(20)11-22-10-13-4-6-14(21-2)7-5-13/h3-9H,10-11H2,1-2H3,(H,19,20). The van der Waals surface area contributed by atoms with E-state index in [-0.39, 0.29) is 5.91 Å². The van der Waals surface area contributed by atoms with Crippen molar-refractivity contribution in [3.8, 4) is 0 Å². The van der Waals surface area contributed by atoms with Gasteiger partial charge in [-0.15, -0.1) is 23.5 Å². The molecule has 0 atom stereocenters. The second kappa shape index (κ2) is 8.65. The molecule has 0 fully saturated rings. The molecule has 0 heterocycles. The van der Waals surface area contributed by atoms with Gasteiger partial charge in [-0.2, -0.15) is 0 Å². The summed E-state index contributed by atoms with van der Waals surface area (Å²) in [6.07, 6.45) is 2.07. The van der Waals surface area contributed by atoms with Crippen LogP contribution in [0.4, 0.5) is 5.69 Å². The van der Waals surface area contributed by atoms with Crippen LogP contribution in [0, 0.1) is 6.92 Å². The van der Waals surface area contributed by atoms with Gasteiger partial charge in [-0.1, -0.05) is 18.2 Å². The molecule has 0 unspecified atom stereocenters. The molecule has 0 saturated heterocycles. The summed E-state index contributed by atoms with van der Waals surface area (Å²) in [6, 6.07) is 14.4. The van der Waals surface area contributed by atoms with Crippen LogP contribution in [-0.2, 0) is 10.5 Å². The van der Waals surface area contributed by atoms with Crippen molar-refractivity contribution >= 4 is 51.0 Å². The number of halogens is 1. The number of carbonyl (C=O) groups is 1. The Morgan fingerprint density at radius 2 is 1.91 bits per heavy atom. The molecule has 2 nitrogen and oxygen atoms in total. The van der Waals surface area contributed by atoms with Crippen LogP contribution in [0.25, 0.3) is 0 Å². The average Bonchev–Trinajstić information content (AvgIpc) is 2.51. The Bertz CT molecular complexity index is 644. The van der Waals surface area contributed by atoms with E-state index in [0.29, 0.717) is 5.75 Å². The number of benzene rings is 2. The van der Waals surface area contributed by atoms with Crippen LogP contribution in [0.5, 0.6) is 0 Å².